The van der Waals surface area contributed by atoms with E-state index in [2.05, 4.69) is 5.32 Å². The number of ether oxygens (including phenoxy) is 2. The molecule has 32 heavy (non-hydrogen) atoms. The number of halogens is 1. The number of amides is 1. The predicted molar refractivity (Wildman–Crippen MR) is 124 cm³/mol. The van der Waals surface area contributed by atoms with E-state index in [-0.39, 0.29) is 22.2 Å². The minimum absolute atomic E-state index is 0.164. The highest BCUT2D eigenvalue weighted by molar-refractivity contribution is 6.62. The Labute approximate surface area is 193 Å². The molecule has 9 heteroatoms. The van der Waals surface area contributed by atoms with Gasteiger partial charge in [-0.25, -0.2) is 4.79 Å². The Morgan fingerprint density at radius 3 is 2.22 bits per heavy atom. The number of anilines is 1. The second-order valence-corrected chi connectivity index (χ2v) is 8.99. The van der Waals surface area contributed by atoms with Crippen molar-refractivity contribution in [3.63, 3.8) is 0 Å². The highest BCUT2D eigenvalue weighted by Gasteiger charge is 2.52. The van der Waals surface area contributed by atoms with Gasteiger partial charge in [0.15, 0.2) is 0 Å². The van der Waals surface area contributed by atoms with Gasteiger partial charge in [0.1, 0.15) is 11.3 Å². The van der Waals surface area contributed by atoms with Crippen molar-refractivity contribution >= 4 is 41.7 Å². The van der Waals surface area contributed by atoms with E-state index in [0.29, 0.717) is 11.3 Å². The Kier molecular flexibility index (Phi) is 6.61. The molecule has 1 saturated heterocycles. The van der Waals surface area contributed by atoms with Gasteiger partial charge < -0.3 is 24.1 Å². The normalized spacial score (nSPS) is 16.6. The van der Waals surface area contributed by atoms with Gasteiger partial charge in [-0.1, -0.05) is 23.7 Å². The number of hydrogen-bond donors (Lipinski definition) is 1. The lowest BCUT2D eigenvalue weighted by Gasteiger charge is -2.32. The van der Waals surface area contributed by atoms with Crippen LogP contribution in [0.15, 0.2) is 30.3 Å². The van der Waals surface area contributed by atoms with Crippen molar-refractivity contribution in [2.75, 3.05) is 19.5 Å². The number of carbonyl (C=O) groups is 2. The lowest BCUT2D eigenvalue weighted by Crippen LogP contribution is -2.41. The van der Waals surface area contributed by atoms with Gasteiger partial charge in [-0.3, -0.25) is 4.79 Å². The minimum atomic E-state index is -0.590. The summed E-state index contributed by atoms with van der Waals surface area (Å²) in [5.74, 6) is -0.720. The molecular formula is C23H27BClNO6. The van der Waals surface area contributed by atoms with Crippen molar-refractivity contribution in [3.8, 4) is 5.75 Å². The minimum Gasteiger partial charge on any atom is -0.496 e. The smallest absolute Gasteiger partial charge is 0.495 e. The van der Waals surface area contributed by atoms with Gasteiger partial charge in [-0.15, -0.1) is 0 Å². The first-order chi connectivity index (χ1) is 14.9. The fourth-order valence-electron chi connectivity index (χ4n) is 3.40. The summed E-state index contributed by atoms with van der Waals surface area (Å²) in [5, 5.41) is 2.97. The van der Waals surface area contributed by atoms with Crippen molar-refractivity contribution in [1.82, 2.24) is 0 Å². The third-order valence-corrected chi connectivity index (χ3v) is 6.38. The quantitative estimate of drug-likeness (QED) is 0.538. The van der Waals surface area contributed by atoms with Gasteiger partial charge in [0.05, 0.1) is 36.1 Å². The standard InChI is InChI=1S/C23H27BClNO6/c1-13-14(9-8-10-16(13)24-31-22(2,3)23(4,5)32-24)20(27)26-18-12-19(29-6)15(11-17(18)25)21(28)30-7/h8-12H,1-7H3,(H,26,27). The van der Waals surface area contributed by atoms with Crippen LogP contribution in [0, 0.1) is 6.92 Å². The summed E-state index contributed by atoms with van der Waals surface area (Å²) in [6.45, 7) is 9.76. The van der Waals surface area contributed by atoms with Gasteiger partial charge in [0.2, 0.25) is 0 Å². The van der Waals surface area contributed by atoms with Crippen LogP contribution in [-0.2, 0) is 14.0 Å². The third kappa shape index (κ3) is 4.35. The van der Waals surface area contributed by atoms with Crippen LogP contribution in [0.2, 0.25) is 5.02 Å². The fraction of sp³-hybridized carbons (Fsp3) is 0.391. The predicted octanol–water partition coefficient (Wildman–Crippen LogP) is 4.00. The van der Waals surface area contributed by atoms with Gasteiger partial charge >= 0.3 is 13.1 Å². The van der Waals surface area contributed by atoms with Gasteiger partial charge in [0, 0.05) is 11.6 Å². The Hall–Kier alpha value is -2.55. The van der Waals surface area contributed by atoms with Crippen LogP contribution in [0.3, 0.4) is 0 Å². The molecule has 0 aliphatic carbocycles. The van der Waals surface area contributed by atoms with E-state index in [1.165, 1.54) is 26.4 Å². The van der Waals surface area contributed by atoms with Crippen LogP contribution in [0.25, 0.3) is 0 Å². The van der Waals surface area contributed by atoms with E-state index >= 15 is 0 Å². The molecule has 1 N–H and O–H groups in total. The maximum Gasteiger partial charge on any atom is 0.495 e. The molecule has 0 aromatic heterocycles. The molecule has 0 unspecified atom stereocenters. The molecule has 2 aromatic carbocycles. The molecule has 1 aliphatic rings. The van der Waals surface area contributed by atoms with Crippen molar-refractivity contribution in [2.24, 2.45) is 0 Å². The summed E-state index contributed by atoms with van der Waals surface area (Å²) in [4.78, 5) is 25.0. The number of nitrogens with one attached hydrogen (secondary N) is 1. The molecule has 0 spiro atoms. The fourth-order valence-corrected chi connectivity index (χ4v) is 3.61. The Morgan fingerprint density at radius 1 is 1.03 bits per heavy atom. The van der Waals surface area contributed by atoms with E-state index in [0.717, 1.165) is 11.0 Å². The van der Waals surface area contributed by atoms with Crippen LogP contribution in [0.4, 0.5) is 5.69 Å². The van der Waals surface area contributed by atoms with Crippen molar-refractivity contribution in [2.45, 2.75) is 45.8 Å². The molecular weight excluding hydrogens is 433 g/mol. The van der Waals surface area contributed by atoms with Crippen molar-refractivity contribution in [1.29, 1.82) is 0 Å². The van der Waals surface area contributed by atoms with Crippen molar-refractivity contribution < 1.29 is 28.4 Å². The highest BCUT2D eigenvalue weighted by atomic mass is 35.5. The first-order valence-electron chi connectivity index (χ1n) is 10.1. The molecule has 7 nitrogen and oxygen atoms in total. The number of carbonyl (C=O) groups excluding carboxylic acids is 2. The molecule has 0 saturated carbocycles. The molecule has 0 atom stereocenters. The van der Waals surface area contributed by atoms with Crippen molar-refractivity contribution in [3.05, 3.63) is 52.0 Å². The van der Waals surface area contributed by atoms with Gasteiger partial charge in [-0.2, -0.15) is 0 Å². The van der Waals surface area contributed by atoms with E-state index in [1.54, 1.807) is 12.1 Å². The molecule has 0 radical (unpaired) electrons. The Balaban J connectivity index is 1.90. The van der Waals surface area contributed by atoms with Crippen LogP contribution in [0.1, 0.15) is 54.0 Å². The van der Waals surface area contributed by atoms with E-state index < -0.39 is 24.3 Å². The Bertz CT molecular complexity index is 1050. The number of esters is 1. The lowest BCUT2D eigenvalue weighted by molar-refractivity contribution is 0.00578. The summed E-state index contributed by atoms with van der Waals surface area (Å²) in [5.41, 5.74) is 1.45. The topological polar surface area (TPSA) is 83.1 Å². The molecule has 0 bridgehead atoms. The molecule has 3 rings (SSSR count). The number of benzene rings is 2. The summed E-state index contributed by atoms with van der Waals surface area (Å²) in [7, 11) is 2.09. The summed E-state index contributed by atoms with van der Waals surface area (Å²) >= 11 is 6.31. The highest BCUT2D eigenvalue weighted by Crippen LogP contribution is 2.37. The zero-order valence-electron chi connectivity index (χ0n) is 19.3. The zero-order chi connectivity index (χ0) is 23.8. The first-order valence-corrected chi connectivity index (χ1v) is 10.5. The molecule has 1 amide bonds. The molecule has 170 valence electrons. The third-order valence-electron chi connectivity index (χ3n) is 6.07. The monoisotopic (exact) mass is 459 g/mol. The maximum absolute atomic E-state index is 13.1. The van der Waals surface area contributed by atoms with E-state index in [4.69, 9.17) is 30.4 Å². The largest absolute Gasteiger partial charge is 0.496 e. The molecule has 1 fully saturated rings. The van der Waals surface area contributed by atoms with E-state index in [9.17, 15) is 9.59 Å². The summed E-state index contributed by atoms with van der Waals surface area (Å²) in [6.07, 6.45) is 0. The number of methoxy groups -OCH3 is 2. The van der Waals surface area contributed by atoms with Gasteiger partial charge in [0.25, 0.3) is 5.91 Å². The van der Waals surface area contributed by atoms with Crippen LogP contribution >= 0.6 is 11.6 Å². The zero-order valence-corrected chi connectivity index (χ0v) is 20.0. The average Bonchev–Trinajstić information content (AvgIpc) is 2.95. The van der Waals surface area contributed by atoms with Gasteiger partial charge in [-0.05, 0) is 57.8 Å². The Morgan fingerprint density at radius 2 is 1.66 bits per heavy atom. The number of hydrogen-bond acceptors (Lipinski definition) is 6. The molecule has 2 aromatic rings. The first kappa shape index (κ1) is 24.1. The summed E-state index contributed by atoms with van der Waals surface area (Å²) < 4.78 is 22.3. The maximum atomic E-state index is 13.1. The second kappa shape index (κ2) is 8.77. The van der Waals surface area contributed by atoms with Crippen LogP contribution < -0.4 is 15.5 Å². The summed E-state index contributed by atoms with van der Waals surface area (Å²) in [6, 6.07) is 8.27. The second-order valence-electron chi connectivity index (χ2n) is 8.59. The molecule has 1 aliphatic heterocycles. The SMILES string of the molecule is COC(=O)c1cc(Cl)c(NC(=O)c2cccc(B3OC(C)(C)C(C)(C)O3)c2C)cc1OC. The van der Waals surface area contributed by atoms with Crippen LogP contribution in [-0.4, -0.2) is 44.4 Å². The number of rotatable bonds is 5. The lowest BCUT2D eigenvalue weighted by atomic mass is 9.75. The van der Waals surface area contributed by atoms with Crippen LogP contribution in [0.5, 0.6) is 5.75 Å². The van der Waals surface area contributed by atoms with E-state index in [1.807, 2.05) is 40.7 Å². The molecule has 1 heterocycles. The average molecular weight is 460 g/mol.